The number of anilines is 1. The van der Waals surface area contributed by atoms with E-state index in [4.69, 9.17) is 16.6 Å². The van der Waals surface area contributed by atoms with E-state index >= 15 is 0 Å². The lowest BCUT2D eigenvalue weighted by Crippen LogP contribution is -2.48. The number of nitrogens with two attached hydrogens (primary N) is 3. The van der Waals surface area contributed by atoms with E-state index in [1.165, 1.54) is 12.1 Å². The number of aromatic nitrogens is 2. The molecule has 0 bridgehead atoms. The number of benzene rings is 2. The van der Waals surface area contributed by atoms with Crippen molar-refractivity contribution in [1.82, 2.24) is 14.7 Å². The Morgan fingerprint density at radius 2 is 1.95 bits per heavy atom. The number of quaternary nitrogens is 1. The summed E-state index contributed by atoms with van der Waals surface area (Å²) in [5.41, 5.74) is 13.4. The van der Waals surface area contributed by atoms with Crippen LogP contribution < -0.4 is 21.3 Å². The maximum absolute atomic E-state index is 13.7. The third-order valence-electron chi connectivity index (χ3n) is 6.86. The van der Waals surface area contributed by atoms with Gasteiger partial charge in [-0.05, 0) is 17.7 Å². The minimum absolute atomic E-state index is 0.0344. The maximum atomic E-state index is 13.7. The van der Waals surface area contributed by atoms with E-state index in [1.54, 1.807) is 18.2 Å². The summed E-state index contributed by atoms with van der Waals surface area (Å²) in [6, 6.07) is 7.52. The molecule has 202 valence electrons. The molecule has 3 heterocycles. The molecule has 3 aromatic rings. The van der Waals surface area contributed by atoms with Crippen LogP contribution in [0.3, 0.4) is 0 Å². The highest BCUT2D eigenvalue weighted by molar-refractivity contribution is 7.92. The Kier molecular flexibility index (Phi) is 6.57. The van der Waals surface area contributed by atoms with Gasteiger partial charge >= 0.3 is 0 Å². The van der Waals surface area contributed by atoms with Gasteiger partial charge in [0.05, 0.1) is 49.3 Å². The largest absolute Gasteiger partial charge is 0.369 e. The van der Waals surface area contributed by atoms with Gasteiger partial charge in [0, 0.05) is 18.5 Å². The van der Waals surface area contributed by atoms with Crippen molar-refractivity contribution in [3.05, 3.63) is 35.9 Å². The van der Waals surface area contributed by atoms with Crippen LogP contribution in [0.4, 0.5) is 5.95 Å². The van der Waals surface area contributed by atoms with E-state index in [-0.39, 0.29) is 24.0 Å². The van der Waals surface area contributed by atoms with Crippen molar-refractivity contribution in [1.29, 1.82) is 0 Å². The van der Waals surface area contributed by atoms with Crippen LogP contribution in [0, 0.1) is 0 Å². The molecule has 2 aliphatic heterocycles. The van der Waals surface area contributed by atoms with E-state index < -0.39 is 35.9 Å². The van der Waals surface area contributed by atoms with Gasteiger partial charge in [0.1, 0.15) is 9.79 Å². The Labute approximate surface area is 219 Å². The highest BCUT2D eigenvalue weighted by Gasteiger charge is 2.39. The SMILES string of the molecule is C[N+]1(CCN)CC[C@@H](NS(=O)(=O)c2ccc(-c3cccc4[nH]c(N)nc34)c(C3=NCN=N3)c2S(N)(=O)=O)C1. The Morgan fingerprint density at radius 3 is 2.63 bits per heavy atom. The average Bonchev–Trinajstić information content (AvgIpc) is 3.57. The highest BCUT2D eigenvalue weighted by atomic mass is 32.2. The number of nitrogen functional groups attached to an aromatic ring is 1. The summed E-state index contributed by atoms with van der Waals surface area (Å²) in [6.45, 7) is 2.41. The number of sulfonamides is 2. The normalized spacial score (nSPS) is 21.9. The van der Waals surface area contributed by atoms with Crippen molar-refractivity contribution in [3.8, 4) is 11.1 Å². The molecule has 5 rings (SSSR count). The Hall–Kier alpha value is -3.28. The number of aromatic amines is 1. The number of rotatable bonds is 8. The molecule has 1 aromatic heterocycles. The Balaban J connectivity index is 1.70. The number of hydrogen-bond donors (Lipinski definition) is 5. The number of azo groups is 1. The number of hydrogen-bond acceptors (Lipinski definition) is 10. The first-order chi connectivity index (χ1) is 17.9. The standard InChI is InChI=1S/C22H29N10O4S2/c1-32(10-8-23)9-7-13(11-32)31-38(35,36)17-6-5-14(15-3-2-4-16-19(15)29-22(24)28-16)18(20(17)37(25,33)34)21-26-12-27-30-21/h2-6,13,31H,7-12,23H2,1H3,(H3,24,28,29)(H2,25,33,34)/q+1/t13-,32?/m1/s1. The number of nitrogens with zero attached hydrogens (tertiary/aromatic N) is 5. The molecule has 0 saturated carbocycles. The fourth-order valence-electron chi connectivity index (χ4n) is 5.21. The van der Waals surface area contributed by atoms with Crippen molar-refractivity contribution in [2.75, 3.05) is 45.6 Å². The lowest BCUT2D eigenvalue weighted by molar-refractivity contribution is -0.896. The molecule has 2 aromatic carbocycles. The Morgan fingerprint density at radius 1 is 1.16 bits per heavy atom. The van der Waals surface area contributed by atoms with Crippen molar-refractivity contribution < 1.29 is 21.3 Å². The zero-order chi connectivity index (χ0) is 27.3. The van der Waals surface area contributed by atoms with Crippen molar-refractivity contribution in [2.45, 2.75) is 22.3 Å². The minimum Gasteiger partial charge on any atom is -0.369 e. The molecule has 0 aliphatic carbocycles. The van der Waals surface area contributed by atoms with E-state index in [0.29, 0.717) is 52.7 Å². The fraction of sp³-hybridized carbons (Fsp3) is 0.364. The first-order valence-electron chi connectivity index (χ1n) is 11.8. The number of amidine groups is 1. The second-order valence-corrected chi connectivity index (χ2v) is 12.9. The van der Waals surface area contributed by atoms with Gasteiger partial charge in [-0.2, -0.15) is 5.11 Å². The smallest absolute Gasteiger partial charge is 0.242 e. The zero-order valence-electron chi connectivity index (χ0n) is 20.6. The number of H-pyrrole nitrogens is 1. The molecule has 8 N–H and O–H groups in total. The lowest BCUT2D eigenvalue weighted by Gasteiger charge is -2.29. The predicted molar refractivity (Wildman–Crippen MR) is 142 cm³/mol. The van der Waals surface area contributed by atoms with Gasteiger partial charge in [-0.1, -0.05) is 18.2 Å². The number of nitrogens with one attached hydrogen (secondary N) is 2. The number of likely N-dealkylation sites (tertiary alicyclic amines) is 1. The van der Waals surface area contributed by atoms with Crippen LogP contribution in [0.1, 0.15) is 12.0 Å². The molecular weight excluding hydrogens is 532 g/mol. The number of likely N-dealkylation sites (N-methyl/N-ethyl adjacent to an activating group) is 1. The summed E-state index contributed by atoms with van der Waals surface area (Å²) in [5.74, 6) is 0.119. The first kappa shape index (κ1) is 26.3. The van der Waals surface area contributed by atoms with Crippen molar-refractivity contribution in [2.24, 2.45) is 26.1 Å². The topological polar surface area (TPSA) is 224 Å². The van der Waals surface area contributed by atoms with Crippen LogP contribution in [-0.2, 0) is 20.0 Å². The van der Waals surface area contributed by atoms with E-state index in [1.807, 2.05) is 7.05 Å². The molecule has 0 amide bonds. The van der Waals surface area contributed by atoms with E-state index in [2.05, 4.69) is 29.9 Å². The van der Waals surface area contributed by atoms with Gasteiger partial charge in [0.2, 0.25) is 20.0 Å². The minimum atomic E-state index is -4.60. The van der Waals surface area contributed by atoms with Crippen LogP contribution in [0.25, 0.3) is 22.2 Å². The second-order valence-electron chi connectivity index (χ2n) is 9.69. The summed E-state index contributed by atoms with van der Waals surface area (Å²) in [4.78, 5) is 10.4. The quantitative estimate of drug-likeness (QED) is 0.238. The molecule has 1 fully saturated rings. The molecule has 2 atom stereocenters. The van der Waals surface area contributed by atoms with Crippen LogP contribution >= 0.6 is 0 Å². The predicted octanol–water partition coefficient (Wildman–Crippen LogP) is 0.0853. The molecule has 38 heavy (non-hydrogen) atoms. The number of para-hydroxylation sites is 1. The van der Waals surface area contributed by atoms with Gasteiger partial charge < -0.3 is 20.9 Å². The maximum Gasteiger partial charge on any atom is 0.242 e. The summed E-state index contributed by atoms with van der Waals surface area (Å²) in [7, 11) is -6.93. The molecule has 1 unspecified atom stereocenters. The summed E-state index contributed by atoms with van der Waals surface area (Å²) in [5, 5.41) is 13.5. The first-order valence-corrected chi connectivity index (χ1v) is 14.9. The van der Waals surface area contributed by atoms with Crippen LogP contribution in [0.5, 0.6) is 0 Å². The number of fused-ring (bicyclic) bond motifs is 1. The third kappa shape index (κ3) is 4.81. The van der Waals surface area contributed by atoms with Gasteiger partial charge in [-0.3, -0.25) is 0 Å². The molecule has 16 heteroatoms. The van der Waals surface area contributed by atoms with E-state index in [0.717, 1.165) is 6.54 Å². The van der Waals surface area contributed by atoms with Gasteiger partial charge in [-0.25, -0.2) is 36.7 Å². The van der Waals surface area contributed by atoms with Crippen molar-refractivity contribution in [3.63, 3.8) is 0 Å². The van der Waals surface area contributed by atoms with Crippen LogP contribution in [0.15, 0.2) is 55.3 Å². The molecule has 0 spiro atoms. The molecular formula is C22H29N10O4S2+. The zero-order valence-corrected chi connectivity index (χ0v) is 22.3. The molecule has 2 aliphatic rings. The summed E-state index contributed by atoms with van der Waals surface area (Å²) >= 11 is 0. The average molecular weight is 562 g/mol. The molecule has 14 nitrogen and oxygen atoms in total. The summed E-state index contributed by atoms with van der Waals surface area (Å²) in [6.07, 6.45) is 0.578. The third-order valence-corrected chi connectivity index (χ3v) is 9.54. The number of imidazole rings is 1. The van der Waals surface area contributed by atoms with Gasteiger partial charge in [0.25, 0.3) is 0 Å². The molecule has 1 saturated heterocycles. The number of primary sulfonamides is 1. The van der Waals surface area contributed by atoms with Crippen LogP contribution in [-0.4, -0.2) is 83.1 Å². The van der Waals surface area contributed by atoms with E-state index in [9.17, 15) is 16.8 Å². The van der Waals surface area contributed by atoms with Gasteiger partial charge in [0.15, 0.2) is 18.5 Å². The highest BCUT2D eigenvalue weighted by Crippen LogP contribution is 2.37. The van der Waals surface area contributed by atoms with Crippen molar-refractivity contribution >= 4 is 42.9 Å². The number of aliphatic imine (C=N–C) groups is 1. The van der Waals surface area contributed by atoms with Crippen LogP contribution in [0.2, 0.25) is 0 Å². The second kappa shape index (κ2) is 9.48. The Bertz CT molecular complexity index is 1700. The fourth-order valence-corrected chi connectivity index (χ4v) is 8.07. The lowest BCUT2D eigenvalue weighted by atomic mass is 9.97. The molecule has 0 radical (unpaired) electrons. The monoisotopic (exact) mass is 561 g/mol. The van der Waals surface area contributed by atoms with Gasteiger partial charge in [-0.15, -0.1) is 5.11 Å². The summed E-state index contributed by atoms with van der Waals surface area (Å²) < 4.78 is 56.7.